The molecule has 0 saturated carbocycles. The first-order chi connectivity index (χ1) is 8.61. The van der Waals surface area contributed by atoms with Crippen LogP contribution in [0.3, 0.4) is 0 Å². The van der Waals surface area contributed by atoms with Gasteiger partial charge >= 0.3 is 0 Å². The molecule has 0 radical (unpaired) electrons. The Balaban J connectivity index is 5.31. The number of aliphatic hydroxyl groups excluding tert-OH is 3. The first-order valence-corrected chi connectivity index (χ1v) is 6.30. The normalized spacial score (nSPS) is 13.0. The van der Waals surface area contributed by atoms with Crippen LogP contribution in [0.1, 0.15) is 20.8 Å². The van der Waals surface area contributed by atoms with Crippen LogP contribution in [-0.4, -0.2) is 67.4 Å². The summed E-state index contributed by atoms with van der Waals surface area (Å²) in [5, 5.41) is 28.6. The fraction of sp³-hybridized carbons (Fsp3) is 1.00. The largest absolute Gasteiger partial charge is 0.395 e. The molecule has 0 spiro atoms. The molecule has 6 nitrogen and oxygen atoms in total. The average Bonchev–Trinajstić information content (AvgIpc) is 2.39. The monoisotopic (exact) mass is 266 g/mol. The molecule has 0 saturated heterocycles. The van der Waals surface area contributed by atoms with E-state index in [9.17, 15) is 15.3 Å². The molecule has 3 N–H and O–H groups in total. The minimum absolute atomic E-state index is 0.0346. The van der Waals surface area contributed by atoms with Crippen LogP contribution < -0.4 is 0 Å². The Morgan fingerprint density at radius 1 is 0.778 bits per heavy atom. The van der Waals surface area contributed by atoms with Gasteiger partial charge in [-0.2, -0.15) is 0 Å². The quantitative estimate of drug-likeness (QED) is 0.447. The van der Waals surface area contributed by atoms with E-state index in [4.69, 9.17) is 14.2 Å². The van der Waals surface area contributed by atoms with E-state index >= 15 is 0 Å². The minimum Gasteiger partial charge on any atom is -0.395 e. The topological polar surface area (TPSA) is 88.4 Å². The zero-order valence-corrected chi connectivity index (χ0v) is 11.5. The van der Waals surface area contributed by atoms with E-state index < -0.39 is 31.0 Å². The van der Waals surface area contributed by atoms with Crippen molar-refractivity contribution in [1.82, 2.24) is 0 Å². The van der Waals surface area contributed by atoms with Crippen molar-refractivity contribution >= 4 is 0 Å². The molecule has 0 amide bonds. The molecule has 0 atom stereocenters. The third kappa shape index (κ3) is 3.63. The Labute approximate surface area is 108 Å². The van der Waals surface area contributed by atoms with Crippen molar-refractivity contribution in [3.8, 4) is 0 Å². The van der Waals surface area contributed by atoms with Crippen molar-refractivity contribution in [2.75, 3.05) is 46.2 Å². The van der Waals surface area contributed by atoms with Crippen LogP contribution in [0.4, 0.5) is 0 Å². The highest BCUT2D eigenvalue weighted by atomic mass is 16.7. The predicted molar refractivity (Wildman–Crippen MR) is 66.2 cm³/mol. The Morgan fingerprint density at radius 3 is 1.50 bits per heavy atom. The van der Waals surface area contributed by atoms with E-state index in [1.165, 1.54) is 0 Å². The predicted octanol–water partition coefficient (Wildman–Crippen LogP) is -0.244. The molecule has 0 bridgehead atoms. The van der Waals surface area contributed by atoms with Gasteiger partial charge in [0.2, 0.25) is 5.79 Å². The summed E-state index contributed by atoms with van der Waals surface area (Å²) in [6.07, 6.45) is 0. The molecule has 0 aliphatic rings. The zero-order valence-electron chi connectivity index (χ0n) is 11.5. The third-order valence-corrected chi connectivity index (χ3v) is 2.97. The summed E-state index contributed by atoms with van der Waals surface area (Å²) in [6.45, 7) is 5.08. The van der Waals surface area contributed by atoms with E-state index in [0.717, 1.165) is 0 Å². The van der Waals surface area contributed by atoms with Crippen molar-refractivity contribution in [1.29, 1.82) is 0 Å². The van der Waals surface area contributed by atoms with Crippen LogP contribution in [-0.2, 0) is 14.2 Å². The van der Waals surface area contributed by atoms with E-state index in [2.05, 4.69) is 0 Å². The Morgan fingerprint density at radius 2 is 1.22 bits per heavy atom. The van der Waals surface area contributed by atoms with Crippen LogP contribution in [0.5, 0.6) is 0 Å². The van der Waals surface area contributed by atoms with E-state index in [1.54, 1.807) is 13.8 Å². The summed E-state index contributed by atoms with van der Waals surface area (Å²) < 4.78 is 16.5. The smallest absolute Gasteiger partial charge is 0.204 e. The second-order valence-corrected chi connectivity index (χ2v) is 4.01. The Hall–Kier alpha value is -0.240. The summed E-state index contributed by atoms with van der Waals surface area (Å²) >= 11 is 0. The second-order valence-electron chi connectivity index (χ2n) is 4.01. The molecule has 18 heavy (non-hydrogen) atoms. The molecule has 0 aromatic carbocycles. The number of aliphatic hydroxyl groups is 3. The first-order valence-electron chi connectivity index (χ1n) is 6.30. The van der Waals surface area contributed by atoms with Crippen molar-refractivity contribution < 1.29 is 29.5 Å². The lowest BCUT2D eigenvalue weighted by molar-refractivity contribution is -0.334. The average molecular weight is 266 g/mol. The molecule has 0 fully saturated rings. The maximum Gasteiger partial charge on any atom is 0.204 e. The van der Waals surface area contributed by atoms with Gasteiger partial charge < -0.3 is 29.5 Å². The van der Waals surface area contributed by atoms with Crippen LogP contribution in [0.25, 0.3) is 0 Å². The zero-order chi connectivity index (χ0) is 14.1. The molecule has 0 aliphatic carbocycles. The van der Waals surface area contributed by atoms with Crippen LogP contribution >= 0.6 is 0 Å². The maximum absolute atomic E-state index is 9.53. The Bertz CT molecular complexity index is 190. The van der Waals surface area contributed by atoms with Gasteiger partial charge in [-0.1, -0.05) is 0 Å². The van der Waals surface area contributed by atoms with Gasteiger partial charge in [0.1, 0.15) is 6.61 Å². The molecule has 0 heterocycles. The molecule has 0 aliphatic heterocycles. The van der Waals surface area contributed by atoms with Gasteiger partial charge in [0.15, 0.2) is 0 Å². The highest BCUT2D eigenvalue weighted by Crippen LogP contribution is 2.36. The number of hydrogen-bond acceptors (Lipinski definition) is 6. The molecule has 6 heteroatoms. The Kier molecular flexibility index (Phi) is 8.67. The van der Waals surface area contributed by atoms with Gasteiger partial charge in [0.05, 0.1) is 25.2 Å². The number of ether oxygens (including phenoxy) is 3. The minimum atomic E-state index is -1.36. The molecule has 0 rings (SSSR count). The lowest BCUT2D eigenvalue weighted by Crippen LogP contribution is -2.61. The van der Waals surface area contributed by atoms with Gasteiger partial charge in [0, 0.05) is 19.8 Å². The number of hydrogen-bond donors (Lipinski definition) is 3. The summed E-state index contributed by atoms with van der Waals surface area (Å²) in [4.78, 5) is 0. The number of rotatable bonds is 11. The first kappa shape index (κ1) is 17.8. The highest BCUT2D eigenvalue weighted by molar-refractivity contribution is 4.94. The van der Waals surface area contributed by atoms with E-state index in [1.807, 2.05) is 6.92 Å². The van der Waals surface area contributed by atoms with Crippen molar-refractivity contribution in [2.45, 2.75) is 26.6 Å². The van der Waals surface area contributed by atoms with Crippen molar-refractivity contribution in [3.05, 3.63) is 0 Å². The van der Waals surface area contributed by atoms with Crippen LogP contribution in [0, 0.1) is 5.41 Å². The van der Waals surface area contributed by atoms with Crippen molar-refractivity contribution in [3.63, 3.8) is 0 Å². The van der Waals surface area contributed by atoms with Gasteiger partial charge in [-0.05, 0) is 20.8 Å². The van der Waals surface area contributed by atoms with Crippen molar-refractivity contribution in [2.24, 2.45) is 5.41 Å². The summed E-state index contributed by atoms with van der Waals surface area (Å²) in [7, 11) is 0. The molecular formula is C12H26O6. The molecule has 0 aromatic heterocycles. The van der Waals surface area contributed by atoms with Gasteiger partial charge in [-0.25, -0.2) is 0 Å². The SMILES string of the molecule is CCOCC(OCC)(OCC)C(CO)(CO)CO. The van der Waals surface area contributed by atoms with Gasteiger partial charge in [-0.15, -0.1) is 0 Å². The fourth-order valence-electron chi connectivity index (χ4n) is 1.80. The molecular weight excluding hydrogens is 240 g/mol. The highest BCUT2D eigenvalue weighted by Gasteiger charge is 2.53. The lowest BCUT2D eigenvalue weighted by Gasteiger charge is -2.46. The molecule has 110 valence electrons. The lowest BCUT2D eigenvalue weighted by atomic mass is 9.81. The van der Waals surface area contributed by atoms with Gasteiger partial charge in [-0.3, -0.25) is 0 Å². The van der Waals surface area contributed by atoms with E-state index in [-0.39, 0.29) is 6.61 Å². The fourth-order valence-corrected chi connectivity index (χ4v) is 1.80. The molecule has 0 unspecified atom stereocenters. The van der Waals surface area contributed by atoms with Crippen LogP contribution in [0.2, 0.25) is 0 Å². The third-order valence-electron chi connectivity index (χ3n) is 2.97. The maximum atomic E-state index is 9.53. The van der Waals surface area contributed by atoms with Gasteiger partial charge in [0.25, 0.3) is 0 Å². The van der Waals surface area contributed by atoms with E-state index in [0.29, 0.717) is 19.8 Å². The van der Waals surface area contributed by atoms with Crippen LogP contribution in [0.15, 0.2) is 0 Å². The summed E-state index contributed by atoms with van der Waals surface area (Å²) in [5.41, 5.74) is -1.31. The summed E-state index contributed by atoms with van der Waals surface area (Å²) in [5.74, 6) is -1.36. The second kappa shape index (κ2) is 8.79. The molecule has 0 aromatic rings. The summed E-state index contributed by atoms with van der Waals surface area (Å²) in [6, 6.07) is 0. The standard InChI is InChI=1S/C12H26O6/c1-4-16-10-12(17-5-2,18-6-3)11(7-13,8-14)9-15/h13-15H,4-10H2,1-3H3.